The molecule has 0 N–H and O–H groups in total. The van der Waals surface area contributed by atoms with Crippen molar-refractivity contribution in [3.05, 3.63) is 59.9 Å². The van der Waals surface area contributed by atoms with Crippen LogP contribution in [0, 0.1) is 13.8 Å². The van der Waals surface area contributed by atoms with Gasteiger partial charge in [-0.25, -0.2) is 0 Å². The molecule has 1 atom stereocenters. The van der Waals surface area contributed by atoms with E-state index < -0.39 is 0 Å². The Balaban J connectivity index is 2.64. The van der Waals surface area contributed by atoms with Crippen molar-refractivity contribution in [2.75, 3.05) is 7.11 Å². The molecule has 0 heterocycles. The van der Waals surface area contributed by atoms with E-state index in [0.29, 0.717) is 0 Å². The van der Waals surface area contributed by atoms with E-state index in [1.807, 2.05) is 32.0 Å². The lowest BCUT2D eigenvalue weighted by atomic mass is 9.96. The SMILES string of the molecule is COc1c(C)cc(Br)c(C)c1C(Cl)c1cc(Br)cc(Br)c1. The van der Waals surface area contributed by atoms with E-state index >= 15 is 0 Å². The number of rotatable bonds is 3. The Kier molecular flexibility index (Phi) is 5.80. The third-order valence-electron chi connectivity index (χ3n) is 3.34. The van der Waals surface area contributed by atoms with Gasteiger partial charge in [-0.05, 0) is 54.8 Å². The molecule has 0 aromatic heterocycles. The maximum Gasteiger partial charge on any atom is 0.127 e. The standard InChI is InChI=1S/C16H14Br3ClO/c1-8-4-13(19)9(2)14(16(8)21-3)15(20)10-5-11(17)7-12(18)6-10/h4-7,15H,1-3H3. The monoisotopic (exact) mass is 494 g/mol. The molecule has 0 amide bonds. The van der Waals surface area contributed by atoms with E-state index in [-0.39, 0.29) is 5.38 Å². The van der Waals surface area contributed by atoms with Crippen molar-refractivity contribution in [1.82, 2.24) is 0 Å². The molecule has 0 saturated heterocycles. The van der Waals surface area contributed by atoms with E-state index in [2.05, 4.69) is 53.9 Å². The van der Waals surface area contributed by atoms with Gasteiger partial charge in [0, 0.05) is 19.0 Å². The molecule has 21 heavy (non-hydrogen) atoms. The molecule has 0 aliphatic heterocycles. The molecular weight excluding hydrogens is 483 g/mol. The molecule has 1 nitrogen and oxygen atoms in total. The fourth-order valence-corrected chi connectivity index (χ4v) is 4.61. The van der Waals surface area contributed by atoms with Crippen LogP contribution in [-0.2, 0) is 0 Å². The summed E-state index contributed by atoms with van der Waals surface area (Å²) in [5.41, 5.74) is 4.16. The molecule has 0 fully saturated rings. The van der Waals surface area contributed by atoms with E-state index in [1.54, 1.807) is 7.11 Å². The first kappa shape index (κ1) is 17.3. The summed E-state index contributed by atoms with van der Waals surface area (Å²) >= 11 is 17.4. The molecule has 5 heteroatoms. The van der Waals surface area contributed by atoms with Crippen molar-refractivity contribution in [3.8, 4) is 5.75 Å². The van der Waals surface area contributed by atoms with Crippen molar-refractivity contribution >= 4 is 59.4 Å². The smallest absolute Gasteiger partial charge is 0.127 e. The van der Waals surface area contributed by atoms with Crippen molar-refractivity contribution < 1.29 is 4.74 Å². The number of hydrogen-bond acceptors (Lipinski definition) is 1. The van der Waals surface area contributed by atoms with Gasteiger partial charge in [0.15, 0.2) is 0 Å². The minimum Gasteiger partial charge on any atom is -0.496 e. The van der Waals surface area contributed by atoms with E-state index in [0.717, 1.165) is 41.4 Å². The number of alkyl halides is 1. The molecule has 2 aromatic carbocycles. The minimum atomic E-state index is -0.287. The van der Waals surface area contributed by atoms with Gasteiger partial charge in [0.1, 0.15) is 5.75 Å². The summed E-state index contributed by atoms with van der Waals surface area (Å²) in [7, 11) is 1.68. The largest absolute Gasteiger partial charge is 0.496 e. The molecule has 0 aliphatic rings. The fraction of sp³-hybridized carbons (Fsp3) is 0.250. The van der Waals surface area contributed by atoms with Crippen molar-refractivity contribution in [2.45, 2.75) is 19.2 Å². The van der Waals surface area contributed by atoms with Gasteiger partial charge in [0.05, 0.1) is 12.5 Å². The van der Waals surface area contributed by atoms with Crippen LogP contribution in [0.25, 0.3) is 0 Å². The highest BCUT2D eigenvalue weighted by Gasteiger charge is 2.22. The summed E-state index contributed by atoms with van der Waals surface area (Å²) in [5.74, 6) is 0.840. The Hall–Kier alpha value is -0.0300. The lowest BCUT2D eigenvalue weighted by Gasteiger charge is -2.20. The van der Waals surface area contributed by atoms with Crippen LogP contribution < -0.4 is 4.74 Å². The second-order valence-electron chi connectivity index (χ2n) is 4.81. The highest BCUT2D eigenvalue weighted by atomic mass is 79.9. The van der Waals surface area contributed by atoms with Gasteiger partial charge in [-0.1, -0.05) is 47.8 Å². The lowest BCUT2D eigenvalue weighted by Crippen LogP contribution is -2.03. The van der Waals surface area contributed by atoms with Crippen LogP contribution in [0.2, 0.25) is 0 Å². The molecule has 2 rings (SSSR count). The van der Waals surface area contributed by atoms with Crippen LogP contribution in [0.3, 0.4) is 0 Å². The summed E-state index contributed by atoms with van der Waals surface area (Å²) in [5, 5.41) is -0.287. The quantitative estimate of drug-likeness (QED) is 0.418. The summed E-state index contributed by atoms with van der Waals surface area (Å²) in [6.07, 6.45) is 0. The van der Waals surface area contributed by atoms with E-state index in [9.17, 15) is 0 Å². The van der Waals surface area contributed by atoms with Gasteiger partial charge in [-0.15, -0.1) is 11.6 Å². The average Bonchev–Trinajstić information content (AvgIpc) is 2.40. The Morgan fingerprint density at radius 3 is 2.10 bits per heavy atom. The van der Waals surface area contributed by atoms with Crippen LogP contribution in [0.5, 0.6) is 5.75 Å². The predicted octanol–water partition coefficient (Wildman–Crippen LogP) is 6.93. The second kappa shape index (κ2) is 7.03. The topological polar surface area (TPSA) is 9.23 Å². The van der Waals surface area contributed by atoms with Crippen LogP contribution in [0.1, 0.15) is 27.6 Å². The second-order valence-corrected chi connectivity index (χ2v) is 7.93. The lowest BCUT2D eigenvalue weighted by molar-refractivity contribution is 0.406. The van der Waals surface area contributed by atoms with Gasteiger partial charge in [-0.2, -0.15) is 0 Å². The molecule has 0 spiro atoms. The van der Waals surface area contributed by atoms with Gasteiger partial charge in [-0.3, -0.25) is 0 Å². The van der Waals surface area contributed by atoms with Gasteiger partial charge < -0.3 is 4.74 Å². The summed E-state index contributed by atoms with van der Waals surface area (Å²) in [6, 6.07) is 8.09. The normalized spacial score (nSPS) is 12.3. The Labute approximate surface area is 155 Å². The van der Waals surface area contributed by atoms with E-state index in [4.69, 9.17) is 16.3 Å². The van der Waals surface area contributed by atoms with Crippen molar-refractivity contribution in [3.63, 3.8) is 0 Å². The van der Waals surface area contributed by atoms with Crippen molar-refractivity contribution in [2.24, 2.45) is 0 Å². The highest BCUT2D eigenvalue weighted by Crippen LogP contribution is 2.42. The van der Waals surface area contributed by atoms with Gasteiger partial charge >= 0.3 is 0 Å². The predicted molar refractivity (Wildman–Crippen MR) is 99.7 cm³/mol. The number of benzene rings is 2. The number of hydrogen-bond donors (Lipinski definition) is 0. The Morgan fingerprint density at radius 2 is 1.57 bits per heavy atom. The zero-order valence-electron chi connectivity index (χ0n) is 11.8. The van der Waals surface area contributed by atoms with Crippen LogP contribution in [-0.4, -0.2) is 7.11 Å². The zero-order valence-corrected chi connectivity index (χ0v) is 17.3. The molecular formula is C16H14Br3ClO. The van der Waals surface area contributed by atoms with Crippen LogP contribution in [0.4, 0.5) is 0 Å². The maximum atomic E-state index is 6.77. The van der Waals surface area contributed by atoms with Crippen LogP contribution >= 0.6 is 59.4 Å². The number of aryl methyl sites for hydroxylation is 1. The molecule has 0 radical (unpaired) electrons. The van der Waals surface area contributed by atoms with Gasteiger partial charge in [0.2, 0.25) is 0 Å². The first-order chi connectivity index (χ1) is 9.85. The Bertz CT molecular complexity index is 665. The maximum absolute atomic E-state index is 6.77. The average molecular weight is 497 g/mol. The molecule has 0 saturated carbocycles. The number of methoxy groups -OCH3 is 1. The highest BCUT2D eigenvalue weighted by molar-refractivity contribution is 9.11. The van der Waals surface area contributed by atoms with E-state index in [1.165, 1.54) is 0 Å². The first-order valence-corrected chi connectivity index (χ1v) is 9.10. The van der Waals surface area contributed by atoms with Crippen LogP contribution in [0.15, 0.2) is 37.7 Å². The third kappa shape index (κ3) is 3.66. The van der Waals surface area contributed by atoms with Crippen molar-refractivity contribution in [1.29, 1.82) is 0 Å². The molecule has 112 valence electrons. The van der Waals surface area contributed by atoms with Gasteiger partial charge in [0.25, 0.3) is 0 Å². The molecule has 0 aliphatic carbocycles. The Morgan fingerprint density at radius 1 is 1.00 bits per heavy atom. The molecule has 2 aromatic rings. The number of ether oxygens (including phenoxy) is 1. The molecule has 0 bridgehead atoms. The third-order valence-corrected chi connectivity index (χ3v) is 5.55. The summed E-state index contributed by atoms with van der Waals surface area (Å²) in [4.78, 5) is 0. The molecule has 1 unspecified atom stereocenters. The fourth-order valence-electron chi connectivity index (χ4n) is 2.34. The summed E-state index contributed by atoms with van der Waals surface area (Å²) in [6.45, 7) is 4.07. The summed E-state index contributed by atoms with van der Waals surface area (Å²) < 4.78 is 8.60. The zero-order chi connectivity index (χ0) is 15.7. The first-order valence-electron chi connectivity index (χ1n) is 6.28. The number of halogens is 4. The minimum absolute atomic E-state index is 0.287.